The number of hydrogen-bond acceptors (Lipinski definition) is 4. The molecule has 2 rings (SSSR count). The molecule has 1 aromatic carbocycles. The minimum Gasteiger partial charge on any atom is -0.505 e. The van der Waals surface area contributed by atoms with Gasteiger partial charge in [0, 0.05) is 0 Å². The number of aromatic hydroxyl groups is 1. The normalized spacial score (nSPS) is 10.3. The van der Waals surface area contributed by atoms with Gasteiger partial charge < -0.3 is 10.8 Å². The highest BCUT2D eigenvalue weighted by Crippen LogP contribution is 2.30. The van der Waals surface area contributed by atoms with Crippen LogP contribution in [0.15, 0.2) is 23.0 Å². The fraction of sp³-hybridized carbons (Fsp3) is 0. The van der Waals surface area contributed by atoms with Gasteiger partial charge in [-0.25, -0.2) is 9.89 Å². The molecule has 0 fully saturated rings. The molecule has 0 saturated carbocycles. The Balaban J connectivity index is 2.62. The second kappa shape index (κ2) is 2.91. The van der Waals surface area contributed by atoms with Crippen LogP contribution in [0.2, 0.25) is 0 Å². The van der Waals surface area contributed by atoms with Crippen LogP contribution in [0.5, 0.6) is 5.75 Å². The lowest BCUT2D eigenvalue weighted by atomic mass is 10.1. The Morgan fingerprint density at radius 1 is 1.43 bits per heavy atom. The zero-order chi connectivity index (χ0) is 10.1. The van der Waals surface area contributed by atoms with Crippen molar-refractivity contribution in [3.8, 4) is 17.1 Å². The number of rotatable bonds is 1. The highest BCUT2D eigenvalue weighted by Gasteiger charge is 2.09. The number of nitrogens with zero attached hydrogens (tertiary/aromatic N) is 1. The van der Waals surface area contributed by atoms with Gasteiger partial charge in [-0.1, -0.05) is 6.07 Å². The molecule has 6 heteroatoms. The molecule has 14 heavy (non-hydrogen) atoms. The molecule has 0 unspecified atom stereocenters. The first-order valence-electron chi connectivity index (χ1n) is 3.91. The number of nitrogens with two attached hydrogens (primary N) is 1. The van der Waals surface area contributed by atoms with Crippen LogP contribution in [0, 0.1) is 0 Å². The highest BCUT2D eigenvalue weighted by atomic mass is 16.3. The van der Waals surface area contributed by atoms with Gasteiger partial charge in [0.25, 0.3) is 0 Å². The van der Waals surface area contributed by atoms with Gasteiger partial charge in [0.05, 0.1) is 11.3 Å². The molecule has 0 aliphatic heterocycles. The summed E-state index contributed by atoms with van der Waals surface area (Å²) in [6.45, 7) is 0. The first-order valence-corrected chi connectivity index (χ1v) is 3.91. The number of phenolic OH excluding ortho intramolecular Hbond substituents is 1. The van der Waals surface area contributed by atoms with Crippen molar-refractivity contribution in [2.45, 2.75) is 0 Å². The van der Waals surface area contributed by atoms with Crippen LogP contribution in [-0.4, -0.2) is 20.3 Å². The standard InChI is InChI=1S/C8H8N4O2/c9-5-3-1-2-4(6(5)13)7-10-8(14)12-11-7/h1-3,13H,9H2,(H2,10,11,12,14). The largest absolute Gasteiger partial charge is 0.505 e. The lowest BCUT2D eigenvalue weighted by Gasteiger charge is -2.02. The third-order valence-electron chi connectivity index (χ3n) is 1.82. The molecule has 2 aromatic rings. The Morgan fingerprint density at radius 2 is 2.21 bits per heavy atom. The highest BCUT2D eigenvalue weighted by molar-refractivity contribution is 5.72. The summed E-state index contributed by atoms with van der Waals surface area (Å²) in [6.07, 6.45) is 0. The van der Waals surface area contributed by atoms with E-state index in [-0.39, 0.29) is 17.3 Å². The summed E-state index contributed by atoms with van der Waals surface area (Å²) < 4.78 is 0. The van der Waals surface area contributed by atoms with Crippen molar-refractivity contribution in [3.63, 3.8) is 0 Å². The molecule has 6 nitrogen and oxygen atoms in total. The summed E-state index contributed by atoms with van der Waals surface area (Å²) in [4.78, 5) is 13.2. The van der Waals surface area contributed by atoms with Gasteiger partial charge in [-0.2, -0.15) is 5.10 Å². The van der Waals surface area contributed by atoms with Gasteiger partial charge in [-0.05, 0) is 12.1 Å². The number of H-pyrrole nitrogens is 2. The average molecular weight is 192 g/mol. The topological polar surface area (TPSA) is 108 Å². The number of nitrogens with one attached hydrogen (secondary N) is 2. The summed E-state index contributed by atoms with van der Waals surface area (Å²) in [5.74, 6) is 0.176. The van der Waals surface area contributed by atoms with Crippen LogP contribution in [0.25, 0.3) is 11.4 Å². The van der Waals surface area contributed by atoms with Gasteiger partial charge in [0.2, 0.25) is 0 Å². The van der Waals surface area contributed by atoms with Crippen molar-refractivity contribution in [3.05, 3.63) is 28.7 Å². The van der Waals surface area contributed by atoms with Crippen LogP contribution < -0.4 is 11.4 Å². The first kappa shape index (κ1) is 8.36. The molecule has 0 aliphatic carbocycles. The molecule has 0 saturated heterocycles. The maximum Gasteiger partial charge on any atom is 0.340 e. The van der Waals surface area contributed by atoms with Crippen LogP contribution >= 0.6 is 0 Å². The van der Waals surface area contributed by atoms with Crippen molar-refractivity contribution in [1.82, 2.24) is 15.2 Å². The summed E-state index contributed by atoms with van der Waals surface area (Å²) in [6, 6.07) is 4.83. The van der Waals surface area contributed by atoms with Crippen molar-refractivity contribution in [2.75, 3.05) is 5.73 Å². The van der Waals surface area contributed by atoms with Crippen LogP contribution in [-0.2, 0) is 0 Å². The maximum atomic E-state index is 10.8. The molecular weight excluding hydrogens is 184 g/mol. The van der Waals surface area contributed by atoms with Crippen LogP contribution in [0.3, 0.4) is 0 Å². The van der Waals surface area contributed by atoms with Gasteiger partial charge in [-0.15, -0.1) is 0 Å². The summed E-state index contributed by atoms with van der Waals surface area (Å²) >= 11 is 0. The molecule has 5 N–H and O–H groups in total. The molecular formula is C8H8N4O2. The van der Waals surface area contributed by atoms with Crippen molar-refractivity contribution in [1.29, 1.82) is 0 Å². The van der Waals surface area contributed by atoms with E-state index in [1.54, 1.807) is 18.2 Å². The number of nitrogen functional groups attached to an aromatic ring is 1. The Morgan fingerprint density at radius 3 is 2.86 bits per heavy atom. The van der Waals surface area contributed by atoms with E-state index >= 15 is 0 Å². The van der Waals surface area contributed by atoms with Gasteiger partial charge >= 0.3 is 5.69 Å². The van der Waals surface area contributed by atoms with Crippen molar-refractivity contribution < 1.29 is 5.11 Å². The average Bonchev–Trinajstić information content (AvgIpc) is 2.57. The second-order valence-electron chi connectivity index (χ2n) is 2.77. The molecule has 0 atom stereocenters. The zero-order valence-corrected chi connectivity index (χ0v) is 7.11. The number of benzene rings is 1. The number of phenols is 1. The quantitative estimate of drug-likeness (QED) is 0.378. The number of hydrogen-bond donors (Lipinski definition) is 4. The van der Waals surface area contributed by atoms with E-state index in [1.165, 1.54) is 0 Å². The van der Waals surface area contributed by atoms with E-state index in [9.17, 15) is 9.90 Å². The fourth-order valence-corrected chi connectivity index (χ4v) is 1.15. The maximum absolute atomic E-state index is 10.8. The third-order valence-corrected chi connectivity index (χ3v) is 1.82. The molecule has 1 heterocycles. The van der Waals surface area contributed by atoms with E-state index in [4.69, 9.17) is 5.73 Å². The van der Waals surface area contributed by atoms with E-state index in [0.717, 1.165) is 0 Å². The van der Waals surface area contributed by atoms with Crippen molar-refractivity contribution >= 4 is 5.69 Å². The third kappa shape index (κ3) is 1.22. The predicted molar refractivity (Wildman–Crippen MR) is 50.7 cm³/mol. The first-order chi connectivity index (χ1) is 6.68. The van der Waals surface area contributed by atoms with Gasteiger partial charge in [-0.3, -0.25) is 4.98 Å². The Bertz CT molecular complexity index is 514. The summed E-state index contributed by atoms with van der Waals surface area (Å²) in [5, 5.41) is 15.4. The lowest BCUT2D eigenvalue weighted by molar-refractivity contribution is 0.479. The van der Waals surface area contributed by atoms with Crippen LogP contribution in [0.1, 0.15) is 0 Å². The Hall–Kier alpha value is -2.24. The predicted octanol–water partition coefficient (Wildman–Crippen LogP) is 0.0528. The van der Waals surface area contributed by atoms with E-state index < -0.39 is 5.69 Å². The molecule has 0 aliphatic rings. The molecule has 0 radical (unpaired) electrons. The van der Waals surface area contributed by atoms with Gasteiger partial charge in [0.15, 0.2) is 5.82 Å². The number of aromatic nitrogens is 3. The lowest BCUT2D eigenvalue weighted by Crippen LogP contribution is -2.00. The molecule has 0 bridgehead atoms. The van der Waals surface area contributed by atoms with Gasteiger partial charge in [0.1, 0.15) is 5.75 Å². The Kier molecular flexibility index (Phi) is 1.74. The van der Waals surface area contributed by atoms with Crippen molar-refractivity contribution in [2.24, 2.45) is 0 Å². The number of anilines is 1. The SMILES string of the molecule is Nc1cccc(-c2n[nH]c(=O)[nH]2)c1O. The second-order valence-corrected chi connectivity index (χ2v) is 2.77. The molecule has 72 valence electrons. The Labute approximate surface area is 78.4 Å². The number of aromatic amines is 2. The zero-order valence-electron chi connectivity index (χ0n) is 7.11. The summed E-state index contributed by atoms with van der Waals surface area (Å²) in [7, 11) is 0. The summed E-state index contributed by atoms with van der Waals surface area (Å²) in [5.41, 5.74) is 5.69. The monoisotopic (exact) mass is 192 g/mol. The number of para-hydroxylation sites is 1. The van der Waals surface area contributed by atoms with E-state index in [1.807, 2.05) is 0 Å². The van der Waals surface area contributed by atoms with E-state index in [0.29, 0.717) is 5.56 Å². The van der Waals surface area contributed by atoms with Crippen LogP contribution in [0.4, 0.5) is 5.69 Å². The molecule has 0 spiro atoms. The minimum absolute atomic E-state index is 0.0877. The fourth-order valence-electron chi connectivity index (χ4n) is 1.15. The molecule has 1 aromatic heterocycles. The van der Waals surface area contributed by atoms with E-state index in [2.05, 4.69) is 15.2 Å². The smallest absolute Gasteiger partial charge is 0.340 e. The minimum atomic E-state index is -0.429. The molecule has 0 amide bonds.